The van der Waals surface area contributed by atoms with Crippen molar-refractivity contribution in [3.63, 3.8) is 0 Å². The van der Waals surface area contributed by atoms with Crippen LogP contribution in [-0.4, -0.2) is 71.5 Å². The molecule has 0 N–H and O–H groups in total. The lowest BCUT2D eigenvalue weighted by atomic mass is 10.1. The van der Waals surface area contributed by atoms with Crippen molar-refractivity contribution in [3.8, 4) is 0 Å². The first-order valence-corrected chi connectivity index (χ1v) is 9.25. The minimum Gasteiger partial charge on any atom is -0.351 e. The molecule has 0 aromatic carbocycles. The van der Waals surface area contributed by atoms with Gasteiger partial charge in [0.1, 0.15) is 0 Å². The number of rotatable bonds is 1. The lowest BCUT2D eigenvalue weighted by Gasteiger charge is -2.39. The van der Waals surface area contributed by atoms with E-state index in [9.17, 15) is 0 Å². The van der Waals surface area contributed by atoms with Gasteiger partial charge in [0.25, 0.3) is 0 Å². The predicted molar refractivity (Wildman–Crippen MR) is 101 cm³/mol. The van der Waals surface area contributed by atoms with E-state index < -0.39 is 0 Å². The van der Waals surface area contributed by atoms with Gasteiger partial charge in [-0.15, -0.1) is 0 Å². The Morgan fingerprint density at radius 3 is 2.67 bits per heavy atom. The number of fused-ring (bicyclic) bond motifs is 1. The summed E-state index contributed by atoms with van der Waals surface area (Å²) in [6, 6.07) is 2.20. The van der Waals surface area contributed by atoms with Crippen molar-refractivity contribution in [3.05, 3.63) is 28.6 Å². The number of amidine groups is 2. The summed E-state index contributed by atoms with van der Waals surface area (Å²) in [4.78, 5) is 14.4. The van der Waals surface area contributed by atoms with E-state index >= 15 is 0 Å². The van der Waals surface area contributed by atoms with E-state index in [0.29, 0.717) is 0 Å². The van der Waals surface area contributed by atoms with Gasteiger partial charge in [-0.1, -0.05) is 0 Å². The molecule has 4 rings (SSSR count). The molecule has 6 nitrogen and oxygen atoms in total. The van der Waals surface area contributed by atoms with Crippen molar-refractivity contribution in [2.45, 2.75) is 19.9 Å². The molecule has 24 heavy (non-hydrogen) atoms. The fraction of sp³-hybridized carbons (Fsp3) is 0.471. The molecule has 1 aromatic heterocycles. The molecule has 1 fully saturated rings. The third-order valence-corrected chi connectivity index (χ3v) is 5.42. The molecule has 0 radical (unpaired) electrons. The standard InChI is InChI=1S/C17H22N6S/c1-12-13(2)20-23-15(14-4-9-24-11-14)10-18-16(17(23)19-12)22-7-5-21(3)6-8-22/h4,9-12H,5-8H2,1-3H3. The van der Waals surface area contributed by atoms with Crippen LogP contribution >= 0.6 is 11.3 Å². The zero-order chi connectivity index (χ0) is 16.7. The first kappa shape index (κ1) is 15.5. The Balaban J connectivity index is 1.73. The van der Waals surface area contributed by atoms with Crippen LogP contribution in [0.5, 0.6) is 0 Å². The van der Waals surface area contributed by atoms with Gasteiger partial charge in [-0.2, -0.15) is 16.4 Å². The lowest BCUT2D eigenvalue weighted by molar-refractivity contribution is 0.216. The molecule has 1 atom stereocenters. The maximum Gasteiger partial charge on any atom is 0.193 e. The fourth-order valence-corrected chi connectivity index (χ4v) is 3.67. The highest BCUT2D eigenvalue weighted by atomic mass is 32.1. The number of piperazine rings is 1. The molecule has 3 aliphatic rings. The maximum absolute atomic E-state index is 4.91. The van der Waals surface area contributed by atoms with Crippen LogP contribution in [-0.2, 0) is 0 Å². The molecule has 0 bridgehead atoms. The molecule has 126 valence electrons. The summed E-state index contributed by atoms with van der Waals surface area (Å²) < 4.78 is 0. The van der Waals surface area contributed by atoms with Gasteiger partial charge in [-0.25, -0.2) is 10.0 Å². The second-order valence-corrected chi connectivity index (χ2v) is 7.23. The van der Waals surface area contributed by atoms with Crippen LogP contribution in [0.25, 0.3) is 5.70 Å². The molecule has 1 aromatic rings. The zero-order valence-electron chi connectivity index (χ0n) is 14.3. The van der Waals surface area contributed by atoms with Gasteiger partial charge in [-0.05, 0) is 32.3 Å². The van der Waals surface area contributed by atoms with Gasteiger partial charge >= 0.3 is 0 Å². The van der Waals surface area contributed by atoms with E-state index in [1.807, 2.05) is 18.1 Å². The fourth-order valence-electron chi connectivity index (χ4n) is 3.02. The number of hydrazone groups is 1. The molecular formula is C17H22N6S. The van der Waals surface area contributed by atoms with Crippen molar-refractivity contribution >= 4 is 34.4 Å². The van der Waals surface area contributed by atoms with Gasteiger partial charge < -0.3 is 9.80 Å². The van der Waals surface area contributed by atoms with Crippen LogP contribution in [0, 0.1) is 0 Å². The average molecular weight is 342 g/mol. The minimum atomic E-state index is 0.0933. The monoisotopic (exact) mass is 342 g/mol. The van der Waals surface area contributed by atoms with Crippen LogP contribution in [0.1, 0.15) is 19.4 Å². The smallest absolute Gasteiger partial charge is 0.193 e. The number of thiophene rings is 1. The quantitative estimate of drug-likeness (QED) is 0.786. The number of hydrogen-bond acceptors (Lipinski definition) is 7. The SMILES string of the molecule is CC1=NN2C(c3ccsc3)=CN=C(N3CCN(C)CC3)C2=NC1C. The molecule has 0 saturated carbocycles. The topological polar surface area (TPSA) is 46.8 Å². The van der Waals surface area contributed by atoms with Crippen molar-refractivity contribution < 1.29 is 0 Å². The van der Waals surface area contributed by atoms with Crippen LogP contribution in [0.3, 0.4) is 0 Å². The van der Waals surface area contributed by atoms with Gasteiger partial charge in [0.2, 0.25) is 0 Å². The van der Waals surface area contributed by atoms with E-state index in [2.05, 4.69) is 40.6 Å². The highest BCUT2D eigenvalue weighted by molar-refractivity contribution is 7.08. The first-order valence-electron chi connectivity index (χ1n) is 8.31. The van der Waals surface area contributed by atoms with E-state index in [4.69, 9.17) is 15.1 Å². The summed E-state index contributed by atoms with van der Waals surface area (Å²) in [5.74, 6) is 1.83. The molecule has 1 unspecified atom stereocenters. The number of aliphatic imine (C=N–C) groups is 2. The molecule has 0 spiro atoms. The summed E-state index contributed by atoms with van der Waals surface area (Å²) in [7, 11) is 2.16. The van der Waals surface area contributed by atoms with Gasteiger partial charge in [0.05, 0.1) is 23.7 Å². The van der Waals surface area contributed by atoms with Crippen LogP contribution < -0.4 is 0 Å². The largest absolute Gasteiger partial charge is 0.351 e. The molecular weight excluding hydrogens is 320 g/mol. The van der Waals surface area contributed by atoms with Crippen LogP contribution in [0.4, 0.5) is 0 Å². The van der Waals surface area contributed by atoms with E-state index in [1.165, 1.54) is 0 Å². The van der Waals surface area contributed by atoms with Gasteiger partial charge in [0.15, 0.2) is 11.7 Å². The Hall–Kier alpha value is -1.99. The summed E-state index contributed by atoms with van der Waals surface area (Å²) in [5, 5.41) is 11.0. The Morgan fingerprint density at radius 2 is 1.96 bits per heavy atom. The van der Waals surface area contributed by atoms with E-state index in [1.54, 1.807) is 11.3 Å². The average Bonchev–Trinajstić information content (AvgIpc) is 3.10. The highest BCUT2D eigenvalue weighted by Crippen LogP contribution is 2.29. The molecule has 4 heterocycles. The Labute approximate surface area is 146 Å². The van der Waals surface area contributed by atoms with Gasteiger partial charge in [-0.3, -0.25) is 4.99 Å². The highest BCUT2D eigenvalue weighted by Gasteiger charge is 2.33. The van der Waals surface area contributed by atoms with Crippen LogP contribution in [0.2, 0.25) is 0 Å². The molecule has 3 aliphatic heterocycles. The number of hydrogen-bond donors (Lipinski definition) is 0. The third-order valence-electron chi connectivity index (χ3n) is 4.74. The summed E-state index contributed by atoms with van der Waals surface area (Å²) in [6.45, 7) is 8.17. The van der Waals surface area contributed by atoms with Crippen molar-refractivity contribution in [2.24, 2.45) is 15.1 Å². The number of nitrogens with zero attached hydrogens (tertiary/aromatic N) is 6. The Kier molecular flexibility index (Phi) is 3.97. The summed E-state index contributed by atoms with van der Waals surface area (Å²) in [6.07, 6.45) is 1.93. The first-order chi connectivity index (χ1) is 11.6. The molecule has 0 aliphatic carbocycles. The van der Waals surface area contributed by atoms with Crippen molar-refractivity contribution in [2.75, 3.05) is 33.2 Å². The zero-order valence-corrected chi connectivity index (χ0v) is 15.1. The summed E-state index contributed by atoms with van der Waals surface area (Å²) >= 11 is 1.68. The number of likely N-dealkylation sites (N-methyl/N-ethyl adjacent to an activating group) is 1. The second kappa shape index (κ2) is 6.14. The van der Waals surface area contributed by atoms with Crippen molar-refractivity contribution in [1.29, 1.82) is 0 Å². The normalized spacial score (nSPS) is 24.9. The Bertz CT molecular complexity index is 737. The van der Waals surface area contributed by atoms with Crippen molar-refractivity contribution in [1.82, 2.24) is 14.8 Å². The molecule has 7 heteroatoms. The van der Waals surface area contributed by atoms with Crippen LogP contribution in [0.15, 0.2) is 38.1 Å². The second-order valence-electron chi connectivity index (χ2n) is 6.45. The lowest BCUT2D eigenvalue weighted by Crippen LogP contribution is -2.53. The van der Waals surface area contributed by atoms with Gasteiger partial charge in [0, 0.05) is 37.1 Å². The van der Waals surface area contributed by atoms with E-state index in [-0.39, 0.29) is 6.04 Å². The summed E-state index contributed by atoms with van der Waals surface area (Å²) in [5.41, 5.74) is 3.17. The Morgan fingerprint density at radius 1 is 1.17 bits per heavy atom. The maximum atomic E-state index is 4.91. The molecule has 0 amide bonds. The third kappa shape index (κ3) is 2.67. The minimum absolute atomic E-state index is 0.0933. The predicted octanol–water partition coefficient (Wildman–Crippen LogP) is 2.18. The van der Waals surface area contributed by atoms with E-state index in [0.717, 1.165) is 54.8 Å². The molecule has 1 saturated heterocycles.